The summed E-state index contributed by atoms with van der Waals surface area (Å²) in [6.45, 7) is 5.50. The Kier molecular flexibility index (Phi) is 6.28. The van der Waals surface area contributed by atoms with E-state index in [1.807, 2.05) is 26.8 Å². The number of carbonyl (C=O) groups excluding carboxylic acids is 1. The Bertz CT molecular complexity index is 658. The highest BCUT2D eigenvalue weighted by atomic mass is 35.5. The second kappa shape index (κ2) is 7.75. The predicted octanol–water partition coefficient (Wildman–Crippen LogP) is 3.09. The van der Waals surface area contributed by atoms with Crippen LogP contribution >= 0.6 is 11.6 Å². The fourth-order valence-corrected chi connectivity index (χ4v) is 1.91. The van der Waals surface area contributed by atoms with Gasteiger partial charge in [0.15, 0.2) is 0 Å². The van der Waals surface area contributed by atoms with Crippen LogP contribution < -0.4 is 20.1 Å². The van der Waals surface area contributed by atoms with Gasteiger partial charge < -0.3 is 20.1 Å². The van der Waals surface area contributed by atoms with Crippen LogP contribution in [0.3, 0.4) is 0 Å². The Balaban J connectivity index is 3.06. The Morgan fingerprint density at radius 3 is 2.35 bits per heavy atom. The second-order valence-corrected chi connectivity index (χ2v) is 6.11. The number of halogens is 1. The third kappa shape index (κ3) is 5.38. The van der Waals surface area contributed by atoms with Gasteiger partial charge in [-0.2, -0.15) is 5.26 Å². The molecule has 0 saturated carbocycles. The van der Waals surface area contributed by atoms with Crippen LogP contribution in [0, 0.1) is 11.3 Å². The minimum atomic E-state index is -0.465. The number of nitrogens with one attached hydrogen (secondary N) is 2. The van der Waals surface area contributed by atoms with Crippen LogP contribution in [0.25, 0.3) is 0 Å². The first-order valence-electron chi connectivity index (χ1n) is 6.82. The van der Waals surface area contributed by atoms with Crippen LogP contribution in [0.15, 0.2) is 23.9 Å². The number of benzene rings is 1. The van der Waals surface area contributed by atoms with Gasteiger partial charge in [-0.05, 0) is 20.8 Å². The number of methoxy groups -OCH3 is 2. The molecule has 0 saturated heterocycles. The van der Waals surface area contributed by atoms with Crippen LogP contribution in [-0.2, 0) is 4.79 Å². The third-order valence-electron chi connectivity index (χ3n) is 2.70. The maximum atomic E-state index is 12.0. The zero-order chi connectivity index (χ0) is 17.6. The van der Waals surface area contributed by atoms with Crippen molar-refractivity contribution >= 4 is 23.2 Å². The van der Waals surface area contributed by atoms with Crippen LogP contribution in [0.5, 0.6) is 11.5 Å². The summed E-state index contributed by atoms with van der Waals surface area (Å²) in [5.41, 5.74) is 0.0229. The molecule has 6 nitrogen and oxygen atoms in total. The van der Waals surface area contributed by atoms with Gasteiger partial charge >= 0.3 is 0 Å². The van der Waals surface area contributed by atoms with E-state index < -0.39 is 11.4 Å². The van der Waals surface area contributed by atoms with Crippen molar-refractivity contribution in [3.63, 3.8) is 0 Å². The number of nitrogens with zero attached hydrogens (tertiary/aromatic N) is 1. The molecule has 23 heavy (non-hydrogen) atoms. The summed E-state index contributed by atoms with van der Waals surface area (Å²) >= 11 is 6.03. The SMILES string of the molecule is COc1cc(N/C=C(/C#N)C(=O)NC(C)(C)C)c(OC)cc1Cl. The number of ether oxygens (including phenoxy) is 2. The number of rotatable bonds is 5. The number of hydrogen-bond donors (Lipinski definition) is 2. The van der Waals surface area contributed by atoms with Gasteiger partial charge in [0, 0.05) is 23.9 Å². The monoisotopic (exact) mass is 337 g/mol. The topological polar surface area (TPSA) is 83.4 Å². The molecule has 7 heteroatoms. The molecule has 0 radical (unpaired) electrons. The van der Waals surface area contributed by atoms with Crippen molar-refractivity contribution in [2.45, 2.75) is 26.3 Å². The standard InChI is InChI=1S/C16H20ClN3O3/c1-16(2,3)20-15(21)10(8-18)9-19-12-7-13(22-4)11(17)6-14(12)23-5/h6-7,9,19H,1-5H3,(H,20,21)/b10-9-. The first-order chi connectivity index (χ1) is 10.7. The average Bonchev–Trinajstić information content (AvgIpc) is 2.46. The number of amides is 1. The van der Waals surface area contributed by atoms with Crippen molar-refractivity contribution in [1.29, 1.82) is 5.26 Å². The van der Waals surface area contributed by atoms with E-state index in [2.05, 4.69) is 10.6 Å². The Labute approximate surface area is 141 Å². The molecule has 0 aromatic heterocycles. The molecule has 1 aromatic rings. The number of nitriles is 1. The van der Waals surface area contributed by atoms with Crippen molar-refractivity contribution < 1.29 is 14.3 Å². The van der Waals surface area contributed by atoms with E-state index >= 15 is 0 Å². The molecule has 0 unspecified atom stereocenters. The van der Waals surface area contributed by atoms with Crippen molar-refractivity contribution in [3.05, 3.63) is 28.9 Å². The van der Waals surface area contributed by atoms with Crippen LogP contribution in [0.2, 0.25) is 5.02 Å². The molecule has 0 aliphatic heterocycles. The zero-order valence-corrected chi connectivity index (χ0v) is 14.5. The largest absolute Gasteiger partial charge is 0.495 e. The van der Waals surface area contributed by atoms with Crippen molar-refractivity contribution in [3.8, 4) is 17.6 Å². The van der Waals surface area contributed by atoms with Gasteiger partial charge in [-0.25, -0.2) is 0 Å². The summed E-state index contributed by atoms with van der Waals surface area (Å²) in [7, 11) is 2.98. The highest BCUT2D eigenvalue weighted by Crippen LogP contribution is 2.35. The smallest absolute Gasteiger partial charge is 0.263 e. The maximum absolute atomic E-state index is 12.0. The van der Waals surface area contributed by atoms with Gasteiger partial charge in [0.05, 0.1) is 24.9 Å². The molecule has 2 N–H and O–H groups in total. The molecule has 1 amide bonds. The van der Waals surface area contributed by atoms with Crippen molar-refractivity contribution in [2.24, 2.45) is 0 Å². The summed E-state index contributed by atoms with van der Waals surface area (Å²) in [5, 5.41) is 15.1. The van der Waals surface area contributed by atoms with Crippen LogP contribution in [-0.4, -0.2) is 25.7 Å². The minimum Gasteiger partial charge on any atom is -0.495 e. The van der Waals surface area contributed by atoms with Gasteiger partial charge in [0.25, 0.3) is 5.91 Å². The van der Waals surface area contributed by atoms with Gasteiger partial charge in [-0.3, -0.25) is 4.79 Å². The van der Waals surface area contributed by atoms with E-state index in [9.17, 15) is 4.79 Å². The zero-order valence-electron chi connectivity index (χ0n) is 13.8. The summed E-state index contributed by atoms with van der Waals surface area (Å²) in [6, 6.07) is 5.06. The third-order valence-corrected chi connectivity index (χ3v) is 2.99. The van der Waals surface area contributed by atoms with Gasteiger partial charge in [-0.1, -0.05) is 11.6 Å². The highest BCUT2D eigenvalue weighted by molar-refractivity contribution is 6.32. The molecule has 1 rings (SSSR count). The fraction of sp³-hybridized carbons (Fsp3) is 0.375. The normalized spacial score (nSPS) is 11.4. The predicted molar refractivity (Wildman–Crippen MR) is 89.8 cm³/mol. The van der Waals surface area contributed by atoms with E-state index in [4.69, 9.17) is 26.3 Å². The lowest BCUT2D eigenvalue weighted by atomic mass is 10.1. The fourth-order valence-electron chi connectivity index (χ4n) is 1.68. The molecular formula is C16H20ClN3O3. The number of hydrogen-bond acceptors (Lipinski definition) is 5. The van der Waals surface area contributed by atoms with E-state index in [0.29, 0.717) is 22.2 Å². The van der Waals surface area contributed by atoms with Gasteiger partial charge in [0.1, 0.15) is 23.1 Å². The molecule has 0 fully saturated rings. The summed E-state index contributed by atoms with van der Waals surface area (Å²) in [5.74, 6) is 0.439. The van der Waals surface area contributed by atoms with Crippen LogP contribution in [0.1, 0.15) is 20.8 Å². The Morgan fingerprint density at radius 1 is 1.26 bits per heavy atom. The van der Waals surface area contributed by atoms with Crippen molar-refractivity contribution in [1.82, 2.24) is 5.32 Å². The lowest BCUT2D eigenvalue weighted by Gasteiger charge is -2.20. The lowest BCUT2D eigenvalue weighted by Crippen LogP contribution is -2.41. The molecular weight excluding hydrogens is 318 g/mol. The Hall–Kier alpha value is -2.39. The molecule has 0 aliphatic rings. The molecule has 0 atom stereocenters. The first-order valence-corrected chi connectivity index (χ1v) is 7.20. The van der Waals surface area contributed by atoms with E-state index in [-0.39, 0.29) is 5.57 Å². The molecule has 0 spiro atoms. The van der Waals surface area contributed by atoms with E-state index in [0.717, 1.165) is 0 Å². The quantitative estimate of drug-likeness (QED) is 0.637. The molecule has 0 heterocycles. The molecule has 124 valence electrons. The Morgan fingerprint density at radius 2 is 1.87 bits per heavy atom. The summed E-state index contributed by atoms with van der Waals surface area (Å²) < 4.78 is 10.4. The highest BCUT2D eigenvalue weighted by Gasteiger charge is 2.17. The van der Waals surface area contributed by atoms with E-state index in [1.54, 1.807) is 12.1 Å². The van der Waals surface area contributed by atoms with Gasteiger partial charge in [-0.15, -0.1) is 0 Å². The lowest BCUT2D eigenvalue weighted by molar-refractivity contribution is -0.118. The molecule has 1 aromatic carbocycles. The van der Waals surface area contributed by atoms with Crippen LogP contribution in [0.4, 0.5) is 5.69 Å². The molecule has 0 aliphatic carbocycles. The molecule has 0 bridgehead atoms. The maximum Gasteiger partial charge on any atom is 0.263 e. The number of carbonyl (C=O) groups is 1. The average molecular weight is 338 g/mol. The number of anilines is 1. The summed E-state index contributed by atoms with van der Waals surface area (Å²) in [4.78, 5) is 12.0. The van der Waals surface area contributed by atoms with Crippen molar-refractivity contribution in [2.75, 3.05) is 19.5 Å². The second-order valence-electron chi connectivity index (χ2n) is 5.71. The van der Waals surface area contributed by atoms with E-state index in [1.165, 1.54) is 20.4 Å². The minimum absolute atomic E-state index is 0.0594. The van der Waals surface area contributed by atoms with Gasteiger partial charge in [0.2, 0.25) is 0 Å². The first kappa shape index (κ1) is 18.7. The summed E-state index contributed by atoms with van der Waals surface area (Å²) in [6.07, 6.45) is 1.31.